The van der Waals surface area contributed by atoms with E-state index in [0.717, 1.165) is 37.8 Å². The van der Waals surface area contributed by atoms with Crippen LogP contribution in [0.1, 0.15) is 45.4 Å². The molecule has 1 fully saturated rings. The topological polar surface area (TPSA) is 30.9 Å². The molecule has 5 heteroatoms. The average molecular weight is 436 g/mol. The maximum atomic E-state index is 4.36. The van der Waals surface area contributed by atoms with E-state index in [4.69, 9.17) is 0 Å². The molecule has 1 unspecified atom stereocenters. The van der Waals surface area contributed by atoms with Gasteiger partial charge in [-0.1, -0.05) is 13.0 Å². The number of aliphatic imine (C=N–C) groups is 1. The summed E-state index contributed by atoms with van der Waals surface area (Å²) in [5.41, 5.74) is 0. The van der Waals surface area contributed by atoms with Crippen molar-refractivity contribution in [2.75, 3.05) is 46.8 Å². The number of halogens is 1. The lowest BCUT2D eigenvalue weighted by molar-refractivity contribution is 0.181. The molecule has 0 aromatic heterocycles. The molecular weight excluding hydrogens is 399 g/mol. The molecule has 0 aliphatic carbocycles. The van der Waals surface area contributed by atoms with Gasteiger partial charge in [-0.05, 0) is 57.5 Å². The Labute approximate surface area is 160 Å². The van der Waals surface area contributed by atoms with Crippen molar-refractivity contribution in [2.45, 2.75) is 45.4 Å². The number of unbranched alkanes of at least 4 members (excludes halogenated alkanes) is 2. The molecular formula is C18H37IN4. The number of nitrogens with zero attached hydrogens (tertiary/aromatic N) is 3. The summed E-state index contributed by atoms with van der Waals surface area (Å²) < 4.78 is 0. The lowest BCUT2D eigenvalue weighted by Crippen LogP contribution is -2.40. The summed E-state index contributed by atoms with van der Waals surface area (Å²) >= 11 is 0. The number of rotatable bonds is 9. The predicted octanol–water partition coefficient (Wildman–Crippen LogP) is 3.59. The lowest BCUT2D eigenvalue weighted by Gasteiger charge is -2.30. The van der Waals surface area contributed by atoms with E-state index >= 15 is 0 Å². The lowest BCUT2D eigenvalue weighted by atomic mass is 10.0. The molecule has 0 saturated carbocycles. The molecule has 0 bridgehead atoms. The number of hydrogen-bond acceptors (Lipinski definition) is 2. The zero-order chi connectivity index (χ0) is 16.2. The van der Waals surface area contributed by atoms with E-state index in [1.165, 1.54) is 45.3 Å². The Kier molecular flexibility index (Phi) is 13.9. The summed E-state index contributed by atoms with van der Waals surface area (Å²) in [6.07, 6.45) is 9.45. The minimum Gasteiger partial charge on any atom is -0.356 e. The van der Waals surface area contributed by atoms with Gasteiger partial charge >= 0.3 is 0 Å². The quantitative estimate of drug-likeness (QED) is 0.197. The van der Waals surface area contributed by atoms with Crippen LogP contribution < -0.4 is 5.32 Å². The van der Waals surface area contributed by atoms with E-state index in [1.54, 1.807) is 0 Å². The van der Waals surface area contributed by atoms with Crippen molar-refractivity contribution < 1.29 is 0 Å². The molecule has 0 aromatic carbocycles. The number of allylic oxidation sites excluding steroid dienone is 1. The third-order valence-corrected chi connectivity index (χ3v) is 4.40. The van der Waals surface area contributed by atoms with Crippen LogP contribution in [-0.2, 0) is 0 Å². The van der Waals surface area contributed by atoms with E-state index in [0.29, 0.717) is 0 Å². The summed E-state index contributed by atoms with van der Waals surface area (Å²) in [4.78, 5) is 9.19. The van der Waals surface area contributed by atoms with Gasteiger partial charge in [0.2, 0.25) is 0 Å². The first-order chi connectivity index (χ1) is 10.7. The van der Waals surface area contributed by atoms with Crippen LogP contribution in [0.2, 0.25) is 0 Å². The second-order valence-corrected chi connectivity index (χ2v) is 6.58. The van der Waals surface area contributed by atoms with E-state index in [9.17, 15) is 0 Å². The Hall–Kier alpha value is -0.300. The van der Waals surface area contributed by atoms with Crippen molar-refractivity contribution >= 4 is 29.9 Å². The van der Waals surface area contributed by atoms with Crippen LogP contribution in [0.25, 0.3) is 0 Å². The van der Waals surface area contributed by atoms with Crippen LogP contribution in [-0.4, -0.2) is 62.6 Å². The van der Waals surface area contributed by atoms with Gasteiger partial charge in [-0.3, -0.25) is 4.99 Å². The number of hydrogen-bond donors (Lipinski definition) is 1. The first-order valence-electron chi connectivity index (χ1n) is 8.92. The van der Waals surface area contributed by atoms with E-state index in [1.807, 2.05) is 13.1 Å². The highest BCUT2D eigenvalue weighted by Gasteiger charge is 2.15. The zero-order valence-corrected chi connectivity index (χ0v) is 17.7. The average Bonchev–Trinajstić information content (AvgIpc) is 2.51. The fourth-order valence-electron chi connectivity index (χ4n) is 3.11. The van der Waals surface area contributed by atoms with Gasteiger partial charge in [-0.15, -0.1) is 30.6 Å². The van der Waals surface area contributed by atoms with E-state index in [-0.39, 0.29) is 24.0 Å². The first-order valence-corrected chi connectivity index (χ1v) is 8.92. The molecule has 0 aromatic rings. The maximum Gasteiger partial charge on any atom is 0.193 e. The van der Waals surface area contributed by atoms with Gasteiger partial charge in [-0.2, -0.15) is 0 Å². The van der Waals surface area contributed by atoms with Gasteiger partial charge in [0.25, 0.3) is 0 Å². The van der Waals surface area contributed by atoms with Crippen LogP contribution in [0, 0.1) is 5.92 Å². The zero-order valence-electron chi connectivity index (χ0n) is 15.4. The minimum atomic E-state index is 0. The minimum absolute atomic E-state index is 0. The number of piperidine rings is 1. The van der Waals surface area contributed by atoms with Crippen molar-refractivity contribution in [2.24, 2.45) is 10.9 Å². The van der Waals surface area contributed by atoms with Gasteiger partial charge in [0.15, 0.2) is 5.96 Å². The fraction of sp³-hybridized carbons (Fsp3) is 0.833. The highest BCUT2D eigenvalue weighted by atomic mass is 127. The summed E-state index contributed by atoms with van der Waals surface area (Å²) in [5, 5.41) is 3.47. The van der Waals surface area contributed by atoms with Crippen LogP contribution >= 0.6 is 24.0 Å². The summed E-state index contributed by atoms with van der Waals surface area (Å²) in [6, 6.07) is 0. The standard InChI is InChI=1S/C18H36N4.HI/c1-5-6-8-13-21(4)18(19-3)20-12-7-9-14-22-15-10-11-17(2)16-22;/h5,17H,1,6-16H2,2-4H3,(H,19,20);1H. The Balaban J connectivity index is 0.00000484. The Morgan fingerprint density at radius 1 is 1.39 bits per heavy atom. The molecule has 1 heterocycles. The van der Waals surface area contributed by atoms with Crippen molar-refractivity contribution in [3.63, 3.8) is 0 Å². The van der Waals surface area contributed by atoms with E-state index in [2.05, 4.69) is 40.7 Å². The van der Waals surface area contributed by atoms with Crippen LogP contribution in [0.3, 0.4) is 0 Å². The van der Waals surface area contributed by atoms with Gasteiger partial charge < -0.3 is 15.1 Å². The largest absolute Gasteiger partial charge is 0.356 e. The van der Waals surface area contributed by atoms with Gasteiger partial charge in [0.05, 0.1) is 0 Å². The number of nitrogens with one attached hydrogen (secondary N) is 1. The van der Waals surface area contributed by atoms with Crippen LogP contribution in [0.5, 0.6) is 0 Å². The van der Waals surface area contributed by atoms with Gasteiger partial charge in [-0.25, -0.2) is 0 Å². The van der Waals surface area contributed by atoms with Crippen LogP contribution in [0.15, 0.2) is 17.6 Å². The Morgan fingerprint density at radius 2 is 2.17 bits per heavy atom. The van der Waals surface area contributed by atoms with Crippen LogP contribution in [0.4, 0.5) is 0 Å². The molecule has 1 N–H and O–H groups in total. The molecule has 0 amide bonds. The molecule has 136 valence electrons. The molecule has 23 heavy (non-hydrogen) atoms. The third-order valence-electron chi connectivity index (χ3n) is 4.40. The summed E-state index contributed by atoms with van der Waals surface area (Å²) in [6.45, 7) is 12.0. The predicted molar refractivity (Wildman–Crippen MR) is 113 cm³/mol. The highest BCUT2D eigenvalue weighted by molar-refractivity contribution is 14.0. The number of likely N-dealkylation sites (tertiary alicyclic amines) is 1. The second kappa shape index (κ2) is 14.1. The van der Waals surface area contributed by atoms with Crippen molar-refractivity contribution in [1.82, 2.24) is 15.1 Å². The van der Waals surface area contributed by atoms with Gasteiger partial charge in [0.1, 0.15) is 0 Å². The first kappa shape index (κ1) is 22.7. The number of guanidine groups is 1. The third kappa shape index (κ3) is 10.2. The molecule has 1 rings (SSSR count). The molecule has 1 aliphatic heterocycles. The second-order valence-electron chi connectivity index (χ2n) is 6.58. The van der Waals surface area contributed by atoms with Crippen molar-refractivity contribution in [3.05, 3.63) is 12.7 Å². The Morgan fingerprint density at radius 3 is 2.83 bits per heavy atom. The van der Waals surface area contributed by atoms with Crippen molar-refractivity contribution in [3.8, 4) is 0 Å². The maximum absolute atomic E-state index is 4.36. The van der Waals surface area contributed by atoms with Gasteiger partial charge in [0, 0.05) is 33.7 Å². The normalized spacial score (nSPS) is 19.1. The summed E-state index contributed by atoms with van der Waals surface area (Å²) in [5.74, 6) is 1.89. The molecule has 4 nitrogen and oxygen atoms in total. The van der Waals surface area contributed by atoms with E-state index < -0.39 is 0 Å². The molecule has 0 radical (unpaired) electrons. The molecule has 1 atom stereocenters. The SMILES string of the molecule is C=CCCCN(C)C(=NC)NCCCCN1CCCC(C)C1.I. The summed E-state index contributed by atoms with van der Waals surface area (Å²) in [7, 11) is 3.97. The van der Waals surface area contributed by atoms with Crippen molar-refractivity contribution in [1.29, 1.82) is 0 Å². The molecule has 0 spiro atoms. The molecule has 1 aliphatic rings. The highest BCUT2D eigenvalue weighted by Crippen LogP contribution is 2.15. The fourth-order valence-corrected chi connectivity index (χ4v) is 3.11. The Bertz CT molecular complexity index is 333. The molecule has 1 saturated heterocycles. The smallest absolute Gasteiger partial charge is 0.193 e. The monoisotopic (exact) mass is 436 g/mol.